The van der Waals surface area contributed by atoms with Gasteiger partial charge in [0.05, 0.1) is 26.4 Å². The van der Waals surface area contributed by atoms with E-state index in [1.165, 1.54) is 0 Å². The second kappa shape index (κ2) is 9.13. The summed E-state index contributed by atoms with van der Waals surface area (Å²) in [5, 5.41) is 8.05. The van der Waals surface area contributed by atoms with Crippen LogP contribution in [0.1, 0.15) is 16.8 Å². The van der Waals surface area contributed by atoms with Crippen LogP contribution in [0.4, 0.5) is 9.93 Å². The number of aromatic nitrogens is 1. The molecule has 10 heteroatoms. The highest BCUT2D eigenvalue weighted by atomic mass is 35.5. The van der Waals surface area contributed by atoms with E-state index in [4.69, 9.17) is 23.2 Å². The lowest BCUT2D eigenvalue weighted by molar-refractivity contribution is 0.251. The number of nitrogens with zero attached hydrogens (tertiary/aromatic N) is 1. The number of hydrogen-bond acceptors (Lipinski definition) is 5. The van der Waals surface area contributed by atoms with Crippen molar-refractivity contribution < 1.29 is 13.2 Å². The number of aryl methyl sites for hydroxylation is 1. The molecule has 1 heterocycles. The molecule has 0 saturated carbocycles. The highest BCUT2D eigenvalue weighted by Gasteiger charge is 2.18. The molecule has 0 aliphatic rings. The molecule has 0 unspecified atom stereocenters. The summed E-state index contributed by atoms with van der Waals surface area (Å²) in [6.07, 6.45) is 0. The molecule has 3 rings (SSSR count). The van der Waals surface area contributed by atoms with E-state index in [0.29, 0.717) is 20.9 Å². The summed E-state index contributed by atoms with van der Waals surface area (Å²) in [5.74, 6) is -0.237. The highest BCUT2D eigenvalue weighted by Crippen LogP contribution is 2.23. The third kappa shape index (κ3) is 5.93. The van der Waals surface area contributed by atoms with Gasteiger partial charge in [0.1, 0.15) is 0 Å². The van der Waals surface area contributed by atoms with E-state index in [-0.39, 0.29) is 17.2 Å². The van der Waals surface area contributed by atoms with Gasteiger partial charge in [0, 0.05) is 11.9 Å². The fraction of sp³-hybridized carbons (Fsp3) is 0.158. The topological polar surface area (TPSA) is 88.2 Å². The van der Waals surface area contributed by atoms with E-state index in [9.17, 15) is 13.2 Å². The van der Waals surface area contributed by atoms with Crippen LogP contribution in [0.15, 0.2) is 52.7 Å². The smallest absolute Gasteiger partial charge is 0.321 e. The van der Waals surface area contributed by atoms with Crippen molar-refractivity contribution in [1.29, 1.82) is 0 Å². The minimum Gasteiger partial charge on any atom is -0.334 e. The van der Waals surface area contributed by atoms with Crippen LogP contribution in [0.3, 0.4) is 0 Å². The molecule has 29 heavy (non-hydrogen) atoms. The van der Waals surface area contributed by atoms with Crippen molar-refractivity contribution in [2.45, 2.75) is 24.1 Å². The zero-order valence-electron chi connectivity index (χ0n) is 15.3. The van der Waals surface area contributed by atoms with Gasteiger partial charge < -0.3 is 5.32 Å². The minimum atomic E-state index is -3.51. The lowest BCUT2D eigenvalue weighted by atomic mass is 10.2. The number of hydrogen-bond donors (Lipinski definition) is 2. The number of thiazole rings is 1. The summed E-state index contributed by atoms with van der Waals surface area (Å²) >= 11 is 13.0. The summed E-state index contributed by atoms with van der Waals surface area (Å²) in [6, 6.07) is 11.3. The van der Waals surface area contributed by atoms with Crippen molar-refractivity contribution >= 4 is 55.5 Å². The second-order valence-electron chi connectivity index (χ2n) is 6.28. The van der Waals surface area contributed by atoms with Gasteiger partial charge in [-0.3, -0.25) is 5.32 Å². The van der Waals surface area contributed by atoms with Crippen molar-refractivity contribution in [1.82, 2.24) is 10.3 Å². The largest absolute Gasteiger partial charge is 0.334 e. The lowest BCUT2D eigenvalue weighted by Crippen LogP contribution is -2.28. The molecule has 0 bridgehead atoms. The number of urea groups is 1. The number of anilines is 1. The Morgan fingerprint density at radius 1 is 1.14 bits per heavy atom. The molecule has 3 aromatic rings. The van der Waals surface area contributed by atoms with E-state index >= 15 is 0 Å². The first-order valence-electron chi connectivity index (χ1n) is 8.45. The molecule has 2 aromatic carbocycles. The number of sulfone groups is 1. The molecule has 2 amide bonds. The maximum atomic E-state index is 12.5. The van der Waals surface area contributed by atoms with E-state index in [2.05, 4.69) is 15.6 Å². The molecule has 6 nitrogen and oxygen atoms in total. The molecule has 0 atom stereocenters. The van der Waals surface area contributed by atoms with E-state index < -0.39 is 15.9 Å². The quantitative estimate of drug-likeness (QED) is 0.528. The first-order chi connectivity index (χ1) is 13.7. The molecule has 152 valence electrons. The molecule has 0 saturated heterocycles. The number of nitrogens with one attached hydrogen (secondary N) is 2. The van der Waals surface area contributed by atoms with Crippen molar-refractivity contribution in [3.05, 3.63) is 74.7 Å². The molecule has 2 N–H and O–H groups in total. The van der Waals surface area contributed by atoms with Crippen molar-refractivity contribution in [2.24, 2.45) is 0 Å². The molecule has 1 aromatic heterocycles. The summed E-state index contributed by atoms with van der Waals surface area (Å²) in [6.45, 7) is 2.09. The van der Waals surface area contributed by atoms with Gasteiger partial charge in [-0.25, -0.2) is 18.2 Å². The SMILES string of the molecule is Cc1cccc(S(=O)(=O)Cc2csc(NC(=O)NCc3ccc(Cl)c(Cl)c3)n2)c1. The average molecular weight is 470 g/mol. The maximum Gasteiger partial charge on any atom is 0.321 e. The molecule has 0 aliphatic heterocycles. The Hall–Kier alpha value is -2.13. The van der Waals surface area contributed by atoms with Crippen LogP contribution in [0.25, 0.3) is 0 Å². The van der Waals surface area contributed by atoms with E-state index in [1.807, 2.05) is 13.0 Å². The van der Waals surface area contributed by atoms with Gasteiger partial charge in [0.25, 0.3) is 0 Å². The van der Waals surface area contributed by atoms with Crippen LogP contribution in [0, 0.1) is 6.92 Å². The predicted octanol–water partition coefficient (Wildman–Crippen LogP) is 5.05. The standard InChI is InChI=1S/C19H17Cl2N3O3S2/c1-12-3-2-4-15(7-12)29(26,27)11-14-10-28-19(23-14)24-18(25)22-9-13-5-6-16(20)17(21)8-13/h2-8,10H,9,11H2,1H3,(H2,22,23,24,25). The Morgan fingerprint density at radius 3 is 2.66 bits per heavy atom. The molecule has 0 aliphatic carbocycles. The van der Waals surface area contributed by atoms with Gasteiger partial charge in [0.2, 0.25) is 0 Å². The summed E-state index contributed by atoms with van der Waals surface area (Å²) < 4.78 is 25.1. The Morgan fingerprint density at radius 2 is 1.93 bits per heavy atom. The van der Waals surface area contributed by atoms with E-state index in [1.54, 1.807) is 41.8 Å². The fourth-order valence-corrected chi connectivity index (χ4v) is 4.98. The highest BCUT2D eigenvalue weighted by molar-refractivity contribution is 7.90. The Bertz CT molecular complexity index is 1150. The first kappa shape index (κ1) is 21.6. The number of rotatable bonds is 6. The third-order valence-corrected chi connectivity index (χ3v) is 7.09. The molecule has 0 radical (unpaired) electrons. The summed E-state index contributed by atoms with van der Waals surface area (Å²) in [5.41, 5.74) is 2.03. The number of halogens is 2. The Labute approximate surface area is 182 Å². The van der Waals surface area contributed by atoms with Crippen molar-refractivity contribution in [3.63, 3.8) is 0 Å². The van der Waals surface area contributed by atoms with Gasteiger partial charge in [-0.2, -0.15) is 0 Å². The molecular formula is C19H17Cl2N3O3S2. The Balaban J connectivity index is 1.58. The van der Waals surface area contributed by atoms with Gasteiger partial charge >= 0.3 is 6.03 Å². The van der Waals surface area contributed by atoms with Crippen LogP contribution < -0.4 is 10.6 Å². The van der Waals surface area contributed by atoms with Crippen molar-refractivity contribution in [2.75, 3.05) is 5.32 Å². The zero-order valence-corrected chi connectivity index (χ0v) is 18.4. The van der Waals surface area contributed by atoms with Crippen LogP contribution >= 0.6 is 34.5 Å². The van der Waals surface area contributed by atoms with Crippen LogP contribution in [0.5, 0.6) is 0 Å². The number of amides is 2. The second-order valence-corrected chi connectivity index (χ2v) is 9.94. The van der Waals surface area contributed by atoms with Crippen molar-refractivity contribution in [3.8, 4) is 0 Å². The fourth-order valence-electron chi connectivity index (χ4n) is 2.49. The minimum absolute atomic E-state index is 0.237. The van der Waals surface area contributed by atoms with Crippen LogP contribution in [-0.4, -0.2) is 19.4 Å². The molecular weight excluding hydrogens is 453 g/mol. The Kier molecular flexibility index (Phi) is 6.79. The summed E-state index contributed by atoms with van der Waals surface area (Å²) in [4.78, 5) is 16.5. The zero-order chi connectivity index (χ0) is 21.0. The van der Waals surface area contributed by atoms with Gasteiger partial charge in [0.15, 0.2) is 15.0 Å². The predicted molar refractivity (Wildman–Crippen MR) is 117 cm³/mol. The molecule has 0 spiro atoms. The lowest BCUT2D eigenvalue weighted by Gasteiger charge is -2.06. The van der Waals surface area contributed by atoms with Crippen LogP contribution in [-0.2, 0) is 22.1 Å². The monoisotopic (exact) mass is 469 g/mol. The number of carbonyl (C=O) groups excluding carboxylic acids is 1. The first-order valence-corrected chi connectivity index (χ1v) is 11.7. The number of carbonyl (C=O) groups is 1. The van der Waals surface area contributed by atoms with Gasteiger partial charge in [-0.15, -0.1) is 11.3 Å². The van der Waals surface area contributed by atoms with Crippen LogP contribution in [0.2, 0.25) is 10.0 Å². The molecule has 0 fully saturated rings. The number of benzene rings is 2. The van der Waals surface area contributed by atoms with Gasteiger partial charge in [-0.1, -0.05) is 41.4 Å². The average Bonchev–Trinajstić information content (AvgIpc) is 3.08. The maximum absolute atomic E-state index is 12.5. The van der Waals surface area contributed by atoms with E-state index in [0.717, 1.165) is 22.5 Å². The normalized spacial score (nSPS) is 11.3. The third-order valence-electron chi connectivity index (χ3n) is 3.90. The summed E-state index contributed by atoms with van der Waals surface area (Å²) in [7, 11) is -3.51. The van der Waals surface area contributed by atoms with Gasteiger partial charge in [-0.05, 0) is 42.3 Å².